The van der Waals surface area contributed by atoms with Gasteiger partial charge in [0.1, 0.15) is 0 Å². The van der Waals surface area contributed by atoms with Crippen molar-refractivity contribution in [1.82, 2.24) is 0 Å². The molecular weight excluding hydrogens is 212 g/mol. The molecule has 1 heteroatoms. The van der Waals surface area contributed by atoms with Crippen LogP contribution in [0.25, 0.3) is 0 Å². The van der Waals surface area contributed by atoms with Crippen molar-refractivity contribution in [2.45, 2.75) is 64.7 Å². The van der Waals surface area contributed by atoms with Crippen molar-refractivity contribution in [2.24, 2.45) is 0 Å². The van der Waals surface area contributed by atoms with E-state index < -0.39 is 0 Å². The van der Waals surface area contributed by atoms with Gasteiger partial charge in [0.15, 0.2) is 0 Å². The molecule has 0 aromatic heterocycles. The predicted molar refractivity (Wildman–Crippen MR) is 60.5 cm³/mol. The monoisotopic (exact) mass is 233 g/mol. The third kappa shape index (κ3) is 10.5. The summed E-state index contributed by atoms with van der Waals surface area (Å²) >= 11 is 3.33. The molecule has 0 aliphatic carbocycles. The standard InChI is InChI=1S/C11H22Br/c1-2-3-4-5-6-7-8-9-10-11-12/h11H,2-10H2,1H3. The molecule has 0 fully saturated rings. The van der Waals surface area contributed by atoms with Gasteiger partial charge in [-0.15, -0.1) is 0 Å². The molecular formula is C11H22Br. The molecule has 0 aromatic carbocycles. The van der Waals surface area contributed by atoms with Crippen molar-refractivity contribution in [3.05, 3.63) is 5.33 Å². The lowest BCUT2D eigenvalue weighted by Gasteiger charge is -1.99. The Kier molecular flexibility index (Phi) is 11.9. The number of hydrogen-bond acceptors (Lipinski definition) is 0. The normalized spacial score (nSPS) is 10.5. The minimum atomic E-state index is 1.23. The maximum absolute atomic E-state index is 3.33. The summed E-state index contributed by atoms with van der Waals surface area (Å²) in [6.07, 6.45) is 12.6. The Bertz CT molecular complexity index is 61.4. The molecule has 0 aromatic rings. The van der Waals surface area contributed by atoms with E-state index in [0.717, 1.165) is 0 Å². The minimum absolute atomic E-state index is 1.23. The highest BCUT2D eigenvalue weighted by atomic mass is 79.9. The maximum atomic E-state index is 3.33. The molecule has 73 valence electrons. The zero-order valence-corrected chi connectivity index (χ0v) is 9.91. The zero-order valence-electron chi connectivity index (χ0n) is 8.32. The van der Waals surface area contributed by atoms with Gasteiger partial charge in [-0.2, -0.15) is 0 Å². The first-order valence-corrected chi connectivity index (χ1v) is 6.25. The van der Waals surface area contributed by atoms with Crippen molar-refractivity contribution >= 4 is 15.9 Å². The lowest BCUT2D eigenvalue weighted by Crippen LogP contribution is -1.79. The molecule has 0 rings (SSSR count). The summed E-state index contributed by atoms with van der Waals surface area (Å²) in [5, 5.41) is 2.09. The van der Waals surface area contributed by atoms with E-state index in [1.54, 1.807) is 0 Å². The molecule has 0 saturated carbocycles. The van der Waals surface area contributed by atoms with Crippen LogP contribution in [0.3, 0.4) is 0 Å². The van der Waals surface area contributed by atoms with Crippen LogP contribution in [-0.2, 0) is 0 Å². The Morgan fingerprint density at radius 1 is 0.833 bits per heavy atom. The second kappa shape index (κ2) is 11.5. The second-order valence-corrected chi connectivity index (χ2v) is 4.07. The lowest BCUT2D eigenvalue weighted by molar-refractivity contribution is 0.577. The topological polar surface area (TPSA) is 0 Å². The second-order valence-electron chi connectivity index (χ2n) is 3.42. The third-order valence-electron chi connectivity index (χ3n) is 2.17. The molecule has 1 radical (unpaired) electrons. The summed E-state index contributed by atoms with van der Waals surface area (Å²) in [7, 11) is 0. The van der Waals surface area contributed by atoms with Crippen molar-refractivity contribution in [3.63, 3.8) is 0 Å². The van der Waals surface area contributed by atoms with E-state index in [-0.39, 0.29) is 0 Å². The first-order chi connectivity index (χ1) is 5.91. The molecule has 0 nitrogen and oxygen atoms in total. The average molecular weight is 234 g/mol. The fraction of sp³-hybridized carbons (Fsp3) is 0.909. The van der Waals surface area contributed by atoms with Gasteiger partial charge >= 0.3 is 0 Å². The Morgan fingerprint density at radius 2 is 1.33 bits per heavy atom. The van der Waals surface area contributed by atoms with Crippen LogP contribution in [0.1, 0.15) is 64.7 Å². The first-order valence-electron chi connectivity index (χ1n) is 5.33. The molecule has 0 aliphatic rings. The van der Waals surface area contributed by atoms with E-state index in [0.29, 0.717) is 0 Å². The minimum Gasteiger partial charge on any atom is -0.0879 e. The van der Waals surface area contributed by atoms with Crippen molar-refractivity contribution in [3.8, 4) is 0 Å². The highest BCUT2D eigenvalue weighted by Gasteiger charge is 1.90. The van der Waals surface area contributed by atoms with E-state index in [1.807, 2.05) is 0 Å². The van der Waals surface area contributed by atoms with Gasteiger partial charge in [0.05, 0.1) is 0 Å². The molecule has 0 bridgehead atoms. The Balaban J connectivity index is 2.73. The van der Waals surface area contributed by atoms with Crippen LogP contribution in [0.15, 0.2) is 0 Å². The zero-order chi connectivity index (χ0) is 9.07. The van der Waals surface area contributed by atoms with Crippen LogP contribution in [0, 0.1) is 5.33 Å². The Hall–Kier alpha value is 0.480. The van der Waals surface area contributed by atoms with Gasteiger partial charge < -0.3 is 0 Å². The van der Waals surface area contributed by atoms with Crippen molar-refractivity contribution in [1.29, 1.82) is 0 Å². The van der Waals surface area contributed by atoms with Gasteiger partial charge in [-0.1, -0.05) is 74.2 Å². The van der Waals surface area contributed by atoms with Gasteiger partial charge in [-0.05, 0) is 6.42 Å². The van der Waals surface area contributed by atoms with E-state index in [1.165, 1.54) is 57.8 Å². The number of rotatable bonds is 9. The molecule has 0 N–H and O–H groups in total. The molecule has 12 heavy (non-hydrogen) atoms. The quantitative estimate of drug-likeness (QED) is 0.488. The van der Waals surface area contributed by atoms with Crippen molar-refractivity contribution in [2.75, 3.05) is 0 Å². The number of halogens is 1. The molecule has 0 saturated heterocycles. The SMILES string of the molecule is CCCCCCCCCC[CH]Br. The highest BCUT2D eigenvalue weighted by Crippen LogP contribution is 2.10. The molecule has 0 heterocycles. The fourth-order valence-electron chi connectivity index (χ4n) is 1.36. The maximum Gasteiger partial charge on any atom is 0.0271 e. The van der Waals surface area contributed by atoms with E-state index in [4.69, 9.17) is 0 Å². The van der Waals surface area contributed by atoms with Crippen molar-refractivity contribution < 1.29 is 0 Å². The van der Waals surface area contributed by atoms with Crippen LogP contribution in [-0.4, -0.2) is 0 Å². The summed E-state index contributed by atoms with van der Waals surface area (Å²) in [6, 6.07) is 0. The lowest BCUT2D eigenvalue weighted by atomic mass is 10.1. The summed E-state index contributed by atoms with van der Waals surface area (Å²) in [6.45, 7) is 2.27. The summed E-state index contributed by atoms with van der Waals surface area (Å²) < 4.78 is 0. The number of unbranched alkanes of at least 4 members (excludes halogenated alkanes) is 8. The molecule has 0 spiro atoms. The van der Waals surface area contributed by atoms with Crippen LogP contribution in [0.5, 0.6) is 0 Å². The average Bonchev–Trinajstić information content (AvgIpc) is 2.10. The van der Waals surface area contributed by atoms with Gasteiger partial charge in [0, 0.05) is 5.33 Å². The first kappa shape index (κ1) is 12.5. The van der Waals surface area contributed by atoms with Gasteiger partial charge in [-0.25, -0.2) is 0 Å². The van der Waals surface area contributed by atoms with Gasteiger partial charge in [0.25, 0.3) is 0 Å². The molecule has 0 amide bonds. The van der Waals surface area contributed by atoms with E-state index in [9.17, 15) is 0 Å². The van der Waals surface area contributed by atoms with Crippen LogP contribution in [0.2, 0.25) is 0 Å². The third-order valence-corrected chi connectivity index (χ3v) is 2.62. The van der Waals surface area contributed by atoms with Crippen LogP contribution < -0.4 is 0 Å². The highest BCUT2D eigenvalue weighted by molar-refractivity contribution is 9.10. The smallest absolute Gasteiger partial charge is 0.0271 e. The van der Waals surface area contributed by atoms with E-state index >= 15 is 0 Å². The Morgan fingerprint density at radius 3 is 1.83 bits per heavy atom. The Labute approximate surface area is 86.3 Å². The number of hydrogen-bond donors (Lipinski definition) is 0. The van der Waals surface area contributed by atoms with Crippen LogP contribution in [0.4, 0.5) is 0 Å². The molecule has 0 aliphatic heterocycles. The fourth-order valence-corrected chi connectivity index (χ4v) is 1.68. The summed E-state index contributed by atoms with van der Waals surface area (Å²) in [4.78, 5) is 0. The summed E-state index contributed by atoms with van der Waals surface area (Å²) in [5.41, 5.74) is 0. The van der Waals surface area contributed by atoms with Gasteiger partial charge in [-0.3, -0.25) is 0 Å². The largest absolute Gasteiger partial charge is 0.0879 e. The van der Waals surface area contributed by atoms with Crippen LogP contribution >= 0.6 is 15.9 Å². The van der Waals surface area contributed by atoms with Gasteiger partial charge in [0.2, 0.25) is 0 Å². The van der Waals surface area contributed by atoms with E-state index in [2.05, 4.69) is 28.2 Å². The molecule has 0 atom stereocenters. The summed E-state index contributed by atoms with van der Waals surface area (Å²) in [5.74, 6) is 0. The molecule has 0 unspecified atom stereocenters. The predicted octanol–water partition coefficient (Wildman–Crippen LogP) is 5.07.